The first-order chi connectivity index (χ1) is 9.24. The molecule has 0 aliphatic carbocycles. The average molecular weight is 268 g/mol. The van der Waals surface area contributed by atoms with E-state index in [9.17, 15) is 0 Å². The molecule has 0 saturated carbocycles. The predicted octanol–water partition coefficient (Wildman–Crippen LogP) is 3.16. The molecule has 0 saturated heterocycles. The topological polar surface area (TPSA) is 64.7 Å². The zero-order valence-corrected chi connectivity index (χ0v) is 11.2. The number of benzene rings is 1. The SMILES string of the molecule is Cc1nccnc1-c1csc(-c2cccc(N)c2)n1. The van der Waals surface area contributed by atoms with Crippen molar-refractivity contribution in [3.8, 4) is 22.0 Å². The maximum atomic E-state index is 5.79. The minimum Gasteiger partial charge on any atom is -0.399 e. The van der Waals surface area contributed by atoms with Crippen LogP contribution in [0.3, 0.4) is 0 Å². The van der Waals surface area contributed by atoms with E-state index in [1.807, 2.05) is 36.6 Å². The molecule has 0 aliphatic rings. The Kier molecular flexibility index (Phi) is 2.97. The number of nitrogen functional groups attached to an aromatic ring is 1. The second-order valence-electron chi connectivity index (χ2n) is 4.15. The Hall–Kier alpha value is -2.27. The van der Waals surface area contributed by atoms with Crippen LogP contribution in [0.15, 0.2) is 42.0 Å². The van der Waals surface area contributed by atoms with Crippen molar-refractivity contribution in [2.24, 2.45) is 0 Å². The van der Waals surface area contributed by atoms with E-state index in [0.29, 0.717) is 0 Å². The summed E-state index contributed by atoms with van der Waals surface area (Å²) in [6, 6.07) is 7.72. The predicted molar refractivity (Wildman–Crippen MR) is 77.7 cm³/mol. The highest BCUT2D eigenvalue weighted by molar-refractivity contribution is 7.13. The lowest BCUT2D eigenvalue weighted by molar-refractivity contribution is 1.11. The number of hydrogen-bond donors (Lipinski definition) is 1. The third-order valence-corrected chi connectivity index (χ3v) is 3.65. The van der Waals surface area contributed by atoms with Crippen molar-refractivity contribution in [1.82, 2.24) is 15.0 Å². The smallest absolute Gasteiger partial charge is 0.124 e. The van der Waals surface area contributed by atoms with Crippen molar-refractivity contribution in [2.75, 3.05) is 5.73 Å². The summed E-state index contributed by atoms with van der Waals surface area (Å²) < 4.78 is 0. The minimum absolute atomic E-state index is 0.741. The van der Waals surface area contributed by atoms with Gasteiger partial charge in [-0.2, -0.15) is 0 Å². The van der Waals surface area contributed by atoms with E-state index in [1.165, 1.54) is 0 Å². The standard InChI is InChI=1S/C14H12N4S/c1-9-13(17-6-5-16-9)12-8-19-14(18-12)10-3-2-4-11(15)7-10/h2-8H,15H2,1H3. The first-order valence-corrected chi connectivity index (χ1v) is 6.71. The number of nitrogens with zero attached hydrogens (tertiary/aromatic N) is 3. The van der Waals surface area contributed by atoms with Crippen LogP contribution in [0, 0.1) is 6.92 Å². The molecule has 0 spiro atoms. The van der Waals surface area contributed by atoms with Crippen molar-refractivity contribution >= 4 is 17.0 Å². The van der Waals surface area contributed by atoms with E-state index in [1.54, 1.807) is 23.7 Å². The van der Waals surface area contributed by atoms with Crippen molar-refractivity contribution in [1.29, 1.82) is 0 Å². The van der Waals surface area contributed by atoms with Gasteiger partial charge < -0.3 is 5.73 Å². The summed E-state index contributed by atoms with van der Waals surface area (Å²) in [5.41, 5.74) is 10.1. The molecule has 94 valence electrons. The Morgan fingerprint density at radius 3 is 2.79 bits per heavy atom. The van der Waals surface area contributed by atoms with E-state index >= 15 is 0 Å². The molecule has 2 heterocycles. The van der Waals surface area contributed by atoms with Crippen LogP contribution in [0.5, 0.6) is 0 Å². The van der Waals surface area contributed by atoms with Crippen LogP contribution in [0.1, 0.15) is 5.69 Å². The molecule has 0 bridgehead atoms. The lowest BCUT2D eigenvalue weighted by Gasteiger charge is -1.99. The molecule has 0 fully saturated rings. The monoisotopic (exact) mass is 268 g/mol. The second kappa shape index (κ2) is 4.78. The van der Waals surface area contributed by atoms with Gasteiger partial charge in [-0.05, 0) is 19.1 Å². The van der Waals surface area contributed by atoms with Gasteiger partial charge in [0.05, 0.1) is 5.69 Å². The van der Waals surface area contributed by atoms with Crippen molar-refractivity contribution in [3.05, 3.63) is 47.7 Å². The highest BCUT2D eigenvalue weighted by Crippen LogP contribution is 2.29. The summed E-state index contributed by atoms with van der Waals surface area (Å²) in [7, 11) is 0. The maximum absolute atomic E-state index is 5.79. The van der Waals surface area contributed by atoms with Crippen LogP contribution in [0.4, 0.5) is 5.69 Å². The van der Waals surface area contributed by atoms with Crippen LogP contribution >= 0.6 is 11.3 Å². The highest BCUT2D eigenvalue weighted by Gasteiger charge is 2.10. The largest absolute Gasteiger partial charge is 0.399 e. The molecule has 0 amide bonds. The lowest BCUT2D eigenvalue weighted by Crippen LogP contribution is -1.91. The minimum atomic E-state index is 0.741. The Labute approximate surface area is 115 Å². The molecule has 0 aliphatic heterocycles. The van der Waals surface area contributed by atoms with Gasteiger partial charge in [0.1, 0.15) is 16.4 Å². The number of hydrogen-bond acceptors (Lipinski definition) is 5. The van der Waals surface area contributed by atoms with Gasteiger partial charge >= 0.3 is 0 Å². The van der Waals surface area contributed by atoms with E-state index in [4.69, 9.17) is 5.73 Å². The van der Waals surface area contributed by atoms with Gasteiger partial charge in [-0.1, -0.05) is 12.1 Å². The zero-order chi connectivity index (χ0) is 13.2. The van der Waals surface area contributed by atoms with E-state index in [-0.39, 0.29) is 0 Å². The molecular weight excluding hydrogens is 256 g/mol. The first-order valence-electron chi connectivity index (χ1n) is 5.83. The normalized spacial score (nSPS) is 10.6. The van der Waals surface area contributed by atoms with Crippen molar-refractivity contribution in [2.45, 2.75) is 6.92 Å². The molecule has 3 aromatic rings. The van der Waals surface area contributed by atoms with Crippen molar-refractivity contribution in [3.63, 3.8) is 0 Å². The molecular formula is C14H12N4S. The number of nitrogens with two attached hydrogens (primary N) is 1. The van der Waals surface area contributed by atoms with Gasteiger partial charge in [0.25, 0.3) is 0 Å². The summed E-state index contributed by atoms with van der Waals surface area (Å²) in [5, 5.41) is 2.93. The quantitative estimate of drug-likeness (QED) is 0.725. The van der Waals surface area contributed by atoms with Crippen LogP contribution in [-0.4, -0.2) is 15.0 Å². The van der Waals surface area contributed by atoms with Crippen LogP contribution in [0.2, 0.25) is 0 Å². The summed E-state index contributed by atoms with van der Waals surface area (Å²) in [6.45, 7) is 1.93. The molecule has 0 atom stereocenters. The summed E-state index contributed by atoms with van der Waals surface area (Å²) in [6.07, 6.45) is 3.37. The van der Waals surface area contributed by atoms with Crippen molar-refractivity contribution < 1.29 is 0 Å². The lowest BCUT2D eigenvalue weighted by atomic mass is 10.2. The number of rotatable bonds is 2. The highest BCUT2D eigenvalue weighted by atomic mass is 32.1. The zero-order valence-electron chi connectivity index (χ0n) is 10.4. The molecule has 5 heteroatoms. The molecule has 2 N–H and O–H groups in total. The van der Waals surface area contributed by atoms with Gasteiger partial charge in [0.15, 0.2) is 0 Å². The Morgan fingerprint density at radius 1 is 1.16 bits per heavy atom. The fourth-order valence-electron chi connectivity index (χ4n) is 1.85. The average Bonchev–Trinajstić information content (AvgIpc) is 2.89. The molecule has 4 nitrogen and oxygen atoms in total. The molecule has 2 aromatic heterocycles. The number of thiazole rings is 1. The fraction of sp³-hybridized carbons (Fsp3) is 0.0714. The Bertz CT molecular complexity index is 721. The molecule has 19 heavy (non-hydrogen) atoms. The van der Waals surface area contributed by atoms with Gasteiger partial charge in [-0.3, -0.25) is 9.97 Å². The summed E-state index contributed by atoms with van der Waals surface area (Å²) in [5.74, 6) is 0. The van der Waals surface area contributed by atoms with Gasteiger partial charge in [0.2, 0.25) is 0 Å². The number of aromatic nitrogens is 3. The Balaban J connectivity index is 2.03. The van der Waals surface area contributed by atoms with E-state index in [0.717, 1.165) is 33.3 Å². The fourth-order valence-corrected chi connectivity index (χ4v) is 2.65. The number of anilines is 1. The van der Waals surface area contributed by atoms with Gasteiger partial charge in [0, 0.05) is 29.0 Å². The first kappa shape index (κ1) is 11.8. The molecule has 3 rings (SSSR count). The van der Waals surface area contributed by atoms with Crippen LogP contribution in [0.25, 0.3) is 22.0 Å². The Morgan fingerprint density at radius 2 is 2.00 bits per heavy atom. The van der Waals surface area contributed by atoms with E-state index in [2.05, 4.69) is 15.0 Å². The summed E-state index contributed by atoms with van der Waals surface area (Å²) in [4.78, 5) is 13.2. The van der Waals surface area contributed by atoms with Gasteiger partial charge in [-0.25, -0.2) is 4.98 Å². The van der Waals surface area contributed by atoms with Crippen LogP contribution in [-0.2, 0) is 0 Å². The number of aryl methyl sites for hydroxylation is 1. The molecule has 1 aromatic carbocycles. The second-order valence-corrected chi connectivity index (χ2v) is 5.01. The third kappa shape index (κ3) is 2.32. The molecule has 0 unspecified atom stereocenters. The van der Waals surface area contributed by atoms with Gasteiger partial charge in [-0.15, -0.1) is 11.3 Å². The molecule has 0 radical (unpaired) electrons. The van der Waals surface area contributed by atoms with Crippen LogP contribution < -0.4 is 5.73 Å². The third-order valence-electron chi connectivity index (χ3n) is 2.76. The summed E-state index contributed by atoms with van der Waals surface area (Å²) >= 11 is 1.58. The maximum Gasteiger partial charge on any atom is 0.124 e. The van der Waals surface area contributed by atoms with E-state index < -0.39 is 0 Å².